The minimum atomic E-state index is -0.840. The first-order valence-electron chi connectivity index (χ1n) is 14.8. The van der Waals surface area contributed by atoms with Crippen LogP contribution >= 0.6 is 0 Å². The molecule has 4 aromatic carbocycles. The maximum Gasteiger partial charge on any atom is 0.249 e. The van der Waals surface area contributed by atoms with Gasteiger partial charge in [-0.05, 0) is 65.9 Å². The lowest BCUT2D eigenvalue weighted by Crippen LogP contribution is -2.49. The Labute approximate surface area is 257 Å². The number of hydrogen-bond donors (Lipinski definition) is 2. The normalized spacial score (nSPS) is 13.3. The van der Waals surface area contributed by atoms with E-state index in [0.717, 1.165) is 32.7 Å². The van der Waals surface area contributed by atoms with Gasteiger partial charge >= 0.3 is 0 Å². The average molecular weight is 590 g/mol. The summed E-state index contributed by atoms with van der Waals surface area (Å²) < 4.78 is 5.60. The molecule has 0 fully saturated rings. The van der Waals surface area contributed by atoms with Crippen LogP contribution in [0.2, 0.25) is 0 Å². The number of nitrogens with two attached hydrogens (primary N) is 1. The van der Waals surface area contributed by atoms with Crippen molar-refractivity contribution in [1.82, 2.24) is 20.4 Å². The smallest absolute Gasteiger partial charge is 0.249 e. The molecule has 0 aliphatic heterocycles. The Morgan fingerprint density at radius 2 is 1.48 bits per heavy atom. The molecular weight excluding hydrogens is 550 g/mol. The van der Waals surface area contributed by atoms with Crippen LogP contribution in [0.25, 0.3) is 21.5 Å². The summed E-state index contributed by atoms with van der Waals surface area (Å²) in [7, 11) is 1.72. The summed E-state index contributed by atoms with van der Waals surface area (Å²) in [5, 5.41) is 11.4. The zero-order chi connectivity index (χ0) is 31.3. The van der Waals surface area contributed by atoms with E-state index in [9.17, 15) is 9.59 Å². The molecule has 226 valence electrons. The molecule has 0 saturated heterocycles. The second-order valence-corrected chi connectivity index (χ2v) is 12.1. The first-order valence-corrected chi connectivity index (χ1v) is 14.8. The van der Waals surface area contributed by atoms with Gasteiger partial charge in [0.05, 0.1) is 0 Å². The van der Waals surface area contributed by atoms with Crippen LogP contribution in [0.15, 0.2) is 102 Å². The highest BCUT2D eigenvalue weighted by atomic mass is 16.5. The van der Waals surface area contributed by atoms with Crippen LogP contribution in [0.4, 0.5) is 0 Å². The van der Waals surface area contributed by atoms with E-state index in [4.69, 9.17) is 10.3 Å². The van der Waals surface area contributed by atoms with Crippen LogP contribution in [0.5, 0.6) is 0 Å². The fraction of sp³-hybridized carbons (Fsp3) is 0.278. The molecule has 0 radical (unpaired) electrons. The third kappa shape index (κ3) is 7.76. The fourth-order valence-corrected chi connectivity index (χ4v) is 5.32. The number of likely N-dealkylation sites (N-methyl/N-ethyl adjacent to an activating group) is 1. The van der Waals surface area contributed by atoms with Gasteiger partial charge in [0.2, 0.25) is 17.7 Å². The number of nitrogens with one attached hydrogen (secondary N) is 1. The zero-order valence-corrected chi connectivity index (χ0v) is 25.7. The molecular formula is C36H39N5O3. The first kappa shape index (κ1) is 30.6. The van der Waals surface area contributed by atoms with Crippen LogP contribution in [-0.4, -0.2) is 45.5 Å². The predicted octanol–water partition coefficient (Wildman–Crippen LogP) is 5.84. The number of benzene rings is 4. The van der Waals surface area contributed by atoms with Crippen molar-refractivity contribution in [3.63, 3.8) is 0 Å². The van der Waals surface area contributed by atoms with E-state index in [1.807, 2.05) is 62.4 Å². The Kier molecular flexibility index (Phi) is 9.20. The van der Waals surface area contributed by atoms with Crippen molar-refractivity contribution >= 4 is 33.4 Å². The maximum atomic E-state index is 14.3. The Hall–Kier alpha value is -4.82. The molecule has 2 amide bonds. The zero-order valence-electron chi connectivity index (χ0n) is 25.7. The van der Waals surface area contributed by atoms with Crippen molar-refractivity contribution in [2.75, 3.05) is 7.05 Å². The van der Waals surface area contributed by atoms with Crippen molar-refractivity contribution in [2.24, 2.45) is 5.73 Å². The van der Waals surface area contributed by atoms with Gasteiger partial charge in [-0.25, -0.2) is 0 Å². The molecule has 8 heteroatoms. The largest absolute Gasteiger partial charge is 0.340 e. The number of rotatable bonds is 11. The van der Waals surface area contributed by atoms with Crippen molar-refractivity contribution in [2.45, 2.75) is 57.7 Å². The molecule has 0 aliphatic rings. The van der Waals surface area contributed by atoms with E-state index in [-0.39, 0.29) is 11.8 Å². The number of hydrogen-bond acceptors (Lipinski definition) is 6. The van der Waals surface area contributed by atoms with Crippen LogP contribution in [-0.2, 0) is 22.4 Å². The van der Waals surface area contributed by atoms with Gasteiger partial charge in [-0.2, -0.15) is 4.98 Å². The number of amides is 2. The van der Waals surface area contributed by atoms with Gasteiger partial charge in [-0.1, -0.05) is 96.2 Å². The summed E-state index contributed by atoms with van der Waals surface area (Å²) in [6.45, 7) is 5.54. The summed E-state index contributed by atoms with van der Waals surface area (Å²) in [5.41, 5.74) is 7.58. The topological polar surface area (TPSA) is 114 Å². The molecule has 1 aromatic heterocycles. The SMILES string of the molecule is Cc1noc([C@@H](Cc2ccc3ccccc3c2)N(C)C(=O)[C@@H](Cc2ccc3ccccc3c2)NC(=O)/C=C/CC(C)(C)N)n1. The molecule has 44 heavy (non-hydrogen) atoms. The first-order chi connectivity index (χ1) is 21.1. The van der Waals surface area contributed by atoms with Gasteiger partial charge in [-0.3, -0.25) is 9.59 Å². The summed E-state index contributed by atoms with van der Waals surface area (Å²) >= 11 is 0. The Morgan fingerprint density at radius 1 is 0.909 bits per heavy atom. The monoisotopic (exact) mass is 589 g/mol. The molecule has 3 N–H and O–H groups in total. The second-order valence-electron chi connectivity index (χ2n) is 12.1. The minimum Gasteiger partial charge on any atom is -0.340 e. The van der Waals surface area contributed by atoms with Crippen molar-refractivity contribution < 1.29 is 14.1 Å². The Bertz CT molecular complexity index is 1800. The van der Waals surface area contributed by atoms with Crippen LogP contribution < -0.4 is 11.1 Å². The molecule has 0 spiro atoms. The minimum absolute atomic E-state index is 0.263. The summed E-state index contributed by atoms with van der Waals surface area (Å²) in [5.74, 6) is 0.202. The Morgan fingerprint density at radius 3 is 2.02 bits per heavy atom. The second kappa shape index (κ2) is 13.2. The lowest BCUT2D eigenvalue weighted by Gasteiger charge is -2.30. The Balaban J connectivity index is 1.44. The lowest BCUT2D eigenvalue weighted by molar-refractivity contribution is -0.137. The van der Waals surface area contributed by atoms with E-state index in [1.54, 1.807) is 24.9 Å². The highest BCUT2D eigenvalue weighted by molar-refractivity contribution is 5.93. The van der Waals surface area contributed by atoms with E-state index in [0.29, 0.717) is 31.0 Å². The number of nitrogens with zero attached hydrogens (tertiary/aromatic N) is 3. The van der Waals surface area contributed by atoms with Gasteiger partial charge in [0, 0.05) is 25.4 Å². The third-order valence-electron chi connectivity index (χ3n) is 7.67. The van der Waals surface area contributed by atoms with Crippen molar-refractivity contribution in [3.05, 3.63) is 120 Å². The molecule has 0 aliphatic carbocycles. The molecule has 5 aromatic rings. The molecule has 8 nitrogen and oxygen atoms in total. The molecule has 0 saturated carbocycles. The van der Waals surface area contributed by atoms with Crippen LogP contribution in [0.3, 0.4) is 0 Å². The third-order valence-corrected chi connectivity index (χ3v) is 7.67. The van der Waals surface area contributed by atoms with Gasteiger partial charge in [-0.15, -0.1) is 0 Å². The molecule has 5 rings (SSSR count). The number of fused-ring (bicyclic) bond motifs is 2. The number of carbonyl (C=O) groups is 2. The number of carbonyl (C=O) groups excluding carboxylic acids is 2. The van der Waals surface area contributed by atoms with E-state index < -0.39 is 17.6 Å². The maximum absolute atomic E-state index is 14.3. The quantitative estimate of drug-likeness (QED) is 0.187. The molecule has 0 unspecified atom stereocenters. The molecule has 0 bridgehead atoms. The molecule has 2 atom stereocenters. The van der Waals surface area contributed by atoms with E-state index >= 15 is 0 Å². The summed E-state index contributed by atoms with van der Waals surface area (Å²) in [4.78, 5) is 33.5. The number of aromatic nitrogens is 2. The average Bonchev–Trinajstić information content (AvgIpc) is 3.43. The van der Waals surface area contributed by atoms with Crippen LogP contribution in [0.1, 0.15) is 49.2 Å². The van der Waals surface area contributed by atoms with E-state index in [2.05, 4.69) is 51.9 Å². The van der Waals surface area contributed by atoms with Gasteiger partial charge in [0.15, 0.2) is 5.82 Å². The van der Waals surface area contributed by atoms with Gasteiger partial charge < -0.3 is 20.5 Å². The highest BCUT2D eigenvalue weighted by Gasteiger charge is 2.32. The van der Waals surface area contributed by atoms with Gasteiger partial charge in [0.25, 0.3) is 0 Å². The van der Waals surface area contributed by atoms with Crippen molar-refractivity contribution in [3.8, 4) is 0 Å². The molecule has 1 heterocycles. The highest BCUT2D eigenvalue weighted by Crippen LogP contribution is 2.27. The van der Waals surface area contributed by atoms with Crippen LogP contribution in [0, 0.1) is 6.92 Å². The lowest BCUT2D eigenvalue weighted by atomic mass is 9.98. The van der Waals surface area contributed by atoms with E-state index in [1.165, 1.54) is 6.08 Å². The van der Waals surface area contributed by atoms with Gasteiger partial charge in [0.1, 0.15) is 12.1 Å². The summed E-state index contributed by atoms with van der Waals surface area (Å²) in [6.07, 6.45) is 4.47. The predicted molar refractivity (Wildman–Crippen MR) is 174 cm³/mol. The fourth-order valence-electron chi connectivity index (χ4n) is 5.32. The number of aryl methyl sites for hydroxylation is 1. The standard InChI is InChI=1S/C36H39N5O3/c1-24-38-34(44-40-24)32(23-26-16-18-28-11-6-8-13-30(28)21-26)41(4)35(43)31(39-33(42)14-9-19-36(2,3)37)22-25-15-17-27-10-5-7-12-29(27)20-25/h5-18,20-21,31-32H,19,22-23,37H2,1-4H3,(H,39,42)/b14-9+/t31-,32-/m1/s1. The summed E-state index contributed by atoms with van der Waals surface area (Å²) in [6, 6.07) is 27.1. The van der Waals surface area contributed by atoms with Crippen molar-refractivity contribution in [1.29, 1.82) is 0 Å².